The number of nitrogen functional groups attached to an aromatic ring is 1. The number of nitrogens with zero attached hydrogens (tertiary/aromatic N) is 2. The summed E-state index contributed by atoms with van der Waals surface area (Å²) < 4.78 is 7.76. The van der Waals surface area contributed by atoms with E-state index in [9.17, 15) is 0 Å². The number of fused-ring (bicyclic) bond motifs is 1. The third kappa shape index (κ3) is 2.37. The van der Waals surface area contributed by atoms with Crippen LogP contribution in [-0.2, 0) is 6.61 Å². The fraction of sp³-hybridized carbons (Fsp3) is 0.143. The summed E-state index contributed by atoms with van der Waals surface area (Å²) in [5.41, 5.74) is 8.04. The number of aromatic nitrogens is 2. The van der Waals surface area contributed by atoms with Crippen molar-refractivity contribution in [1.82, 2.24) is 9.38 Å². The van der Waals surface area contributed by atoms with E-state index in [1.165, 1.54) is 0 Å². The Bertz CT molecular complexity index is 746. The molecule has 0 amide bonds. The maximum atomic E-state index is 7.46. The molecule has 0 aliphatic carbocycles. The molecule has 0 aliphatic rings. The van der Waals surface area contributed by atoms with E-state index in [1.807, 2.05) is 41.2 Å². The van der Waals surface area contributed by atoms with Crippen LogP contribution in [0.3, 0.4) is 0 Å². The smallest absolute Gasteiger partial charge is 0.193 e. The molecule has 102 valence electrons. The SMILES string of the molecule is Cc1ccc(C(=N)N)cc1OCc1cn2ccsc2n1. The van der Waals surface area contributed by atoms with Crippen LogP contribution < -0.4 is 10.5 Å². The first-order valence-electron chi connectivity index (χ1n) is 6.12. The van der Waals surface area contributed by atoms with Gasteiger partial charge in [-0.15, -0.1) is 11.3 Å². The average molecular weight is 286 g/mol. The lowest BCUT2D eigenvalue weighted by Gasteiger charge is -2.09. The summed E-state index contributed by atoms with van der Waals surface area (Å²) in [7, 11) is 0. The maximum Gasteiger partial charge on any atom is 0.193 e. The molecule has 3 aromatic rings. The van der Waals surface area contributed by atoms with Crippen molar-refractivity contribution in [2.75, 3.05) is 0 Å². The molecule has 0 atom stereocenters. The van der Waals surface area contributed by atoms with Crippen LogP contribution in [0.2, 0.25) is 0 Å². The number of hydrogen-bond acceptors (Lipinski definition) is 4. The minimum absolute atomic E-state index is 0.0392. The van der Waals surface area contributed by atoms with E-state index >= 15 is 0 Å². The highest BCUT2D eigenvalue weighted by atomic mass is 32.1. The number of amidine groups is 1. The van der Waals surface area contributed by atoms with Crippen molar-refractivity contribution >= 4 is 22.1 Å². The zero-order valence-electron chi connectivity index (χ0n) is 11.0. The molecule has 20 heavy (non-hydrogen) atoms. The second-order valence-electron chi connectivity index (χ2n) is 4.51. The molecule has 0 spiro atoms. The largest absolute Gasteiger partial charge is 0.487 e. The number of nitrogens with two attached hydrogens (primary N) is 1. The second-order valence-corrected chi connectivity index (χ2v) is 5.38. The Balaban J connectivity index is 1.79. The summed E-state index contributed by atoms with van der Waals surface area (Å²) >= 11 is 1.59. The third-order valence-electron chi connectivity index (χ3n) is 3.02. The Morgan fingerprint density at radius 1 is 1.50 bits per heavy atom. The fourth-order valence-corrected chi connectivity index (χ4v) is 2.64. The Morgan fingerprint density at radius 2 is 2.35 bits per heavy atom. The number of hydrogen-bond donors (Lipinski definition) is 2. The molecule has 6 heteroatoms. The lowest BCUT2D eigenvalue weighted by atomic mass is 10.1. The lowest BCUT2D eigenvalue weighted by molar-refractivity contribution is 0.300. The predicted octanol–water partition coefficient (Wildman–Crippen LogP) is 2.57. The first kappa shape index (κ1) is 12.7. The fourth-order valence-electron chi connectivity index (χ4n) is 1.92. The Labute approximate surface area is 120 Å². The first-order valence-corrected chi connectivity index (χ1v) is 7.00. The molecular weight excluding hydrogens is 272 g/mol. The van der Waals surface area contributed by atoms with Crippen molar-refractivity contribution in [2.24, 2.45) is 5.73 Å². The topological polar surface area (TPSA) is 76.4 Å². The average Bonchev–Trinajstić information content (AvgIpc) is 2.98. The summed E-state index contributed by atoms with van der Waals surface area (Å²) in [5.74, 6) is 0.770. The van der Waals surface area contributed by atoms with Crippen LogP contribution in [0.5, 0.6) is 5.75 Å². The molecule has 0 aliphatic heterocycles. The minimum atomic E-state index is 0.0392. The highest BCUT2D eigenvalue weighted by Crippen LogP contribution is 2.21. The Hall–Kier alpha value is -2.34. The van der Waals surface area contributed by atoms with Crippen LogP contribution in [-0.4, -0.2) is 15.2 Å². The molecule has 3 rings (SSSR count). The second kappa shape index (κ2) is 4.97. The predicted molar refractivity (Wildman–Crippen MR) is 79.6 cm³/mol. The van der Waals surface area contributed by atoms with Gasteiger partial charge in [-0.3, -0.25) is 9.81 Å². The van der Waals surface area contributed by atoms with Crippen molar-refractivity contribution < 1.29 is 4.74 Å². The number of aryl methyl sites for hydroxylation is 1. The summed E-state index contributed by atoms with van der Waals surface area (Å²) in [5, 5.41) is 9.45. The van der Waals surface area contributed by atoms with Crippen molar-refractivity contribution in [3.8, 4) is 5.75 Å². The molecule has 1 aromatic carbocycles. The van der Waals surface area contributed by atoms with Crippen LogP contribution >= 0.6 is 11.3 Å². The van der Waals surface area contributed by atoms with Crippen molar-refractivity contribution in [3.63, 3.8) is 0 Å². The Morgan fingerprint density at radius 3 is 3.10 bits per heavy atom. The summed E-state index contributed by atoms with van der Waals surface area (Å²) in [6.07, 6.45) is 3.92. The molecular formula is C14H14N4OS. The maximum absolute atomic E-state index is 7.46. The highest BCUT2D eigenvalue weighted by molar-refractivity contribution is 7.15. The molecule has 0 radical (unpaired) electrons. The lowest BCUT2D eigenvalue weighted by Crippen LogP contribution is -2.11. The number of nitrogens with one attached hydrogen (secondary N) is 1. The molecule has 0 unspecified atom stereocenters. The zero-order valence-corrected chi connectivity index (χ0v) is 11.8. The molecule has 5 nitrogen and oxygen atoms in total. The van der Waals surface area contributed by atoms with Gasteiger partial charge in [-0.25, -0.2) is 4.98 Å². The van der Waals surface area contributed by atoms with E-state index < -0.39 is 0 Å². The number of rotatable bonds is 4. The molecule has 0 saturated heterocycles. The van der Waals surface area contributed by atoms with Crippen LogP contribution in [0.1, 0.15) is 16.8 Å². The third-order valence-corrected chi connectivity index (χ3v) is 3.79. The van der Waals surface area contributed by atoms with Gasteiger partial charge < -0.3 is 10.5 Å². The van der Waals surface area contributed by atoms with Crippen LogP contribution in [0.25, 0.3) is 4.96 Å². The molecule has 0 saturated carbocycles. The van der Waals surface area contributed by atoms with E-state index in [1.54, 1.807) is 17.4 Å². The van der Waals surface area contributed by atoms with Gasteiger partial charge in [0.25, 0.3) is 0 Å². The number of ether oxygens (including phenoxy) is 1. The van der Waals surface area contributed by atoms with E-state index in [0.717, 1.165) is 22.0 Å². The van der Waals surface area contributed by atoms with Crippen LogP contribution in [0.15, 0.2) is 36.0 Å². The van der Waals surface area contributed by atoms with Gasteiger partial charge in [-0.05, 0) is 18.6 Å². The summed E-state index contributed by atoms with van der Waals surface area (Å²) in [4.78, 5) is 5.42. The summed E-state index contributed by atoms with van der Waals surface area (Å²) in [6, 6.07) is 5.50. The van der Waals surface area contributed by atoms with Crippen LogP contribution in [0, 0.1) is 12.3 Å². The molecule has 3 N–H and O–H groups in total. The minimum Gasteiger partial charge on any atom is -0.487 e. The van der Waals surface area contributed by atoms with Gasteiger partial charge in [0.2, 0.25) is 0 Å². The molecule has 2 heterocycles. The van der Waals surface area contributed by atoms with Crippen molar-refractivity contribution in [1.29, 1.82) is 5.41 Å². The van der Waals surface area contributed by atoms with E-state index in [-0.39, 0.29) is 5.84 Å². The normalized spacial score (nSPS) is 10.8. The number of thiazole rings is 1. The first-order chi connectivity index (χ1) is 9.63. The van der Waals surface area contributed by atoms with Crippen molar-refractivity contribution in [2.45, 2.75) is 13.5 Å². The number of imidazole rings is 1. The number of benzene rings is 1. The van der Waals surface area contributed by atoms with Crippen molar-refractivity contribution in [3.05, 3.63) is 52.8 Å². The van der Waals surface area contributed by atoms with Gasteiger partial charge >= 0.3 is 0 Å². The van der Waals surface area contributed by atoms with E-state index in [0.29, 0.717) is 12.2 Å². The van der Waals surface area contributed by atoms with Gasteiger partial charge in [0, 0.05) is 23.3 Å². The molecule has 0 bridgehead atoms. The molecule has 2 aromatic heterocycles. The van der Waals surface area contributed by atoms with Gasteiger partial charge in [-0.1, -0.05) is 12.1 Å². The standard InChI is InChI=1S/C14H14N4OS/c1-9-2-3-10(13(15)16)6-12(9)19-8-11-7-18-4-5-20-14(18)17-11/h2-7H,8H2,1H3,(H3,15,16). The monoisotopic (exact) mass is 286 g/mol. The van der Waals surface area contributed by atoms with Gasteiger partial charge in [0.05, 0.1) is 5.69 Å². The molecule has 0 fully saturated rings. The van der Waals surface area contributed by atoms with Gasteiger partial charge in [0.15, 0.2) is 4.96 Å². The van der Waals surface area contributed by atoms with E-state index in [4.69, 9.17) is 15.9 Å². The van der Waals surface area contributed by atoms with E-state index in [2.05, 4.69) is 4.98 Å². The van der Waals surface area contributed by atoms with Gasteiger partial charge in [0.1, 0.15) is 18.2 Å². The highest BCUT2D eigenvalue weighted by Gasteiger charge is 2.07. The quantitative estimate of drug-likeness (QED) is 0.571. The zero-order chi connectivity index (χ0) is 14.1. The van der Waals surface area contributed by atoms with Gasteiger partial charge in [-0.2, -0.15) is 0 Å². The Kier molecular flexibility index (Phi) is 3.15. The summed E-state index contributed by atoms with van der Waals surface area (Å²) in [6.45, 7) is 2.36. The van der Waals surface area contributed by atoms with Crippen LogP contribution in [0.4, 0.5) is 0 Å².